The maximum absolute atomic E-state index is 13.1. The van der Waals surface area contributed by atoms with Crippen molar-refractivity contribution in [3.05, 3.63) is 87.5 Å². The van der Waals surface area contributed by atoms with Crippen molar-refractivity contribution in [3.63, 3.8) is 0 Å². The summed E-state index contributed by atoms with van der Waals surface area (Å²) in [6, 6.07) is 17.6. The molecule has 2 fully saturated rings. The third-order valence-electron chi connectivity index (χ3n) is 9.67. The standard InChI is InChI=1S/C38H39Cl2N7O4/c1-51-37-22(17-42-19-25-10-13-34(49)45-25)8-11-31(46-37)28-6-2-4-26(35(28)39)27-5-3-7-29(36(27)40)32-16-23-21-47(38(50)30(23)20-43-32)15-14-41-18-24-9-12-33(48)44-24/h2-8,11,16,20,24-25,41-42H,9-10,12-15,17-19,21H2,1H3,(H,44,48)(H,45,49). The molecule has 7 rings (SSSR count). The van der Waals surface area contributed by atoms with Crippen molar-refractivity contribution in [1.29, 1.82) is 0 Å². The van der Waals surface area contributed by atoms with E-state index in [0.29, 0.717) is 85.0 Å². The van der Waals surface area contributed by atoms with E-state index in [9.17, 15) is 14.4 Å². The first kappa shape index (κ1) is 34.9. The number of aromatic nitrogens is 2. The van der Waals surface area contributed by atoms with Gasteiger partial charge in [-0.2, -0.15) is 0 Å². The lowest BCUT2D eigenvalue weighted by Crippen LogP contribution is -2.39. The van der Waals surface area contributed by atoms with Crippen LogP contribution in [-0.4, -0.2) is 78.0 Å². The third kappa shape index (κ3) is 7.57. The Morgan fingerprint density at radius 1 is 0.824 bits per heavy atom. The molecule has 2 atom stereocenters. The number of carbonyl (C=O) groups excluding carboxylic acids is 3. The van der Waals surface area contributed by atoms with Crippen molar-refractivity contribution in [2.75, 3.05) is 33.3 Å². The van der Waals surface area contributed by atoms with Crippen LogP contribution < -0.4 is 26.0 Å². The smallest absolute Gasteiger partial charge is 0.256 e. The molecule has 0 spiro atoms. The average Bonchev–Trinajstić information content (AvgIpc) is 3.84. The number of ether oxygens (including phenoxy) is 1. The van der Waals surface area contributed by atoms with Gasteiger partial charge in [0, 0.05) is 98.2 Å². The molecule has 13 heteroatoms. The molecule has 0 aliphatic carbocycles. The first-order valence-electron chi connectivity index (χ1n) is 17.2. The van der Waals surface area contributed by atoms with Crippen LogP contribution >= 0.6 is 23.2 Å². The molecule has 51 heavy (non-hydrogen) atoms. The van der Waals surface area contributed by atoms with E-state index >= 15 is 0 Å². The average molecular weight is 729 g/mol. The van der Waals surface area contributed by atoms with E-state index in [0.717, 1.165) is 46.2 Å². The van der Waals surface area contributed by atoms with Crippen molar-refractivity contribution in [2.24, 2.45) is 0 Å². The molecule has 3 amide bonds. The zero-order valence-electron chi connectivity index (χ0n) is 28.2. The summed E-state index contributed by atoms with van der Waals surface area (Å²) in [6.07, 6.45) is 4.43. The summed E-state index contributed by atoms with van der Waals surface area (Å²) in [4.78, 5) is 47.3. The molecule has 2 aromatic carbocycles. The highest BCUT2D eigenvalue weighted by Crippen LogP contribution is 2.42. The lowest BCUT2D eigenvalue weighted by atomic mass is 9.97. The SMILES string of the molecule is COc1nc(-c2cccc(-c3cccc(-c4cc5c(cn4)C(=O)N(CCNCC4CCC(=O)N4)C5)c3Cl)c2Cl)ccc1CNCC1CCC(=O)N1. The second-order valence-electron chi connectivity index (χ2n) is 13.1. The first-order valence-corrected chi connectivity index (χ1v) is 17.9. The van der Waals surface area contributed by atoms with Crippen LogP contribution in [0.15, 0.2) is 60.8 Å². The van der Waals surface area contributed by atoms with E-state index in [1.165, 1.54) is 0 Å². The fraction of sp³-hybridized carbons (Fsp3) is 0.342. The van der Waals surface area contributed by atoms with Crippen LogP contribution in [0.25, 0.3) is 33.6 Å². The highest BCUT2D eigenvalue weighted by molar-refractivity contribution is 6.39. The minimum atomic E-state index is -0.0444. The van der Waals surface area contributed by atoms with Gasteiger partial charge in [0.15, 0.2) is 0 Å². The summed E-state index contributed by atoms with van der Waals surface area (Å²) in [7, 11) is 1.59. The van der Waals surface area contributed by atoms with Gasteiger partial charge >= 0.3 is 0 Å². The molecule has 2 saturated heterocycles. The maximum Gasteiger partial charge on any atom is 0.256 e. The highest BCUT2D eigenvalue weighted by atomic mass is 35.5. The van der Waals surface area contributed by atoms with Gasteiger partial charge in [0.25, 0.3) is 5.91 Å². The summed E-state index contributed by atoms with van der Waals surface area (Å²) >= 11 is 14.2. The number of amides is 3. The Bertz CT molecular complexity index is 1990. The fourth-order valence-corrected chi connectivity index (χ4v) is 7.58. The van der Waals surface area contributed by atoms with Gasteiger partial charge in [-0.05, 0) is 30.5 Å². The highest BCUT2D eigenvalue weighted by Gasteiger charge is 2.29. The Morgan fingerprint density at radius 2 is 1.45 bits per heavy atom. The Morgan fingerprint density at radius 3 is 2.08 bits per heavy atom. The van der Waals surface area contributed by atoms with E-state index in [1.807, 2.05) is 59.5 Å². The molecule has 4 aromatic rings. The van der Waals surface area contributed by atoms with Crippen molar-refractivity contribution in [1.82, 2.24) is 36.1 Å². The molecule has 2 unspecified atom stereocenters. The number of methoxy groups -OCH3 is 1. The summed E-state index contributed by atoms with van der Waals surface area (Å²) in [6.45, 7) is 3.57. The summed E-state index contributed by atoms with van der Waals surface area (Å²) in [5, 5.41) is 13.7. The van der Waals surface area contributed by atoms with Crippen LogP contribution in [0.2, 0.25) is 10.0 Å². The van der Waals surface area contributed by atoms with E-state index in [-0.39, 0.29) is 29.8 Å². The van der Waals surface area contributed by atoms with Crippen LogP contribution in [0, 0.1) is 0 Å². The van der Waals surface area contributed by atoms with Crippen LogP contribution in [0.3, 0.4) is 0 Å². The first-order chi connectivity index (χ1) is 24.8. The van der Waals surface area contributed by atoms with Crippen molar-refractivity contribution in [3.8, 4) is 39.5 Å². The molecule has 2 aromatic heterocycles. The molecule has 11 nitrogen and oxygen atoms in total. The van der Waals surface area contributed by atoms with Gasteiger partial charge in [-0.1, -0.05) is 65.7 Å². The molecule has 0 bridgehead atoms. The topological polar surface area (TPSA) is 138 Å². The van der Waals surface area contributed by atoms with Gasteiger partial charge in [-0.15, -0.1) is 0 Å². The van der Waals surface area contributed by atoms with Gasteiger partial charge < -0.3 is 30.9 Å². The number of benzene rings is 2. The third-order valence-corrected chi connectivity index (χ3v) is 10.5. The Hall–Kier alpha value is -4.55. The lowest BCUT2D eigenvalue weighted by Gasteiger charge is -2.17. The number of fused-ring (bicyclic) bond motifs is 1. The molecular weight excluding hydrogens is 689 g/mol. The number of nitrogens with one attached hydrogen (secondary N) is 4. The number of hydrogen-bond donors (Lipinski definition) is 4. The van der Waals surface area contributed by atoms with E-state index in [4.69, 9.17) is 32.9 Å². The molecule has 264 valence electrons. The molecular formula is C38H39Cl2N7O4. The quantitative estimate of drug-likeness (QED) is 0.142. The van der Waals surface area contributed by atoms with Crippen molar-refractivity contribution < 1.29 is 19.1 Å². The van der Waals surface area contributed by atoms with E-state index in [1.54, 1.807) is 13.3 Å². The maximum atomic E-state index is 13.1. The van der Waals surface area contributed by atoms with E-state index in [2.05, 4.69) is 26.3 Å². The Labute approximate surface area is 306 Å². The predicted octanol–water partition coefficient (Wildman–Crippen LogP) is 4.99. The summed E-state index contributed by atoms with van der Waals surface area (Å²) in [5.41, 5.74) is 6.69. The monoisotopic (exact) mass is 727 g/mol. The normalized spacial score (nSPS) is 18.3. The minimum Gasteiger partial charge on any atom is -0.481 e. The fourth-order valence-electron chi connectivity index (χ4n) is 6.93. The molecule has 5 heterocycles. The molecule has 0 radical (unpaired) electrons. The molecule has 4 N–H and O–H groups in total. The van der Waals surface area contributed by atoms with Gasteiger partial charge in [0.2, 0.25) is 17.7 Å². The second kappa shape index (κ2) is 15.4. The van der Waals surface area contributed by atoms with Gasteiger partial charge in [0.05, 0.1) is 34.1 Å². The van der Waals surface area contributed by atoms with Crippen molar-refractivity contribution >= 4 is 40.9 Å². The number of carbonyl (C=O) groups is 3. The largest absolute Gasteiger partial charge is 0.481 e. The summed E-state index contributed by atoms with van der Waals surface area (Å²) < 4.78 is 5.65. The predicted molar refractivity (Wildman–Crippen MR) is 197 cm³/mol. The van der Waals surface area contributed by atoms with Crippen molar-refractivity contribution in [2.45, 2.75) is 50.9 Å². The Balaban J connectivity index is 1.05. The Kier molecular flexibility index (Phi) is 10.5. The number of hydrogen-bond acceptors (Lipinski definition) is 8. The van der Waals surface area contributed by atoms with Crippen LogP contribution in [0.5, 0.6) is 5.88 Å². The molecule has 3 aliphatic heterocycles. The van der Waals surface area contributed by atoms with Gasteiger partial charge in [-0.25, -0.2) is 4.98 Å². The number of halogens is 2. The van der Waals surface area contributed by atoms with Gasteiger partial charge in [-0.3, -0.25) is 19.4 Å². The zero-order chi connectivity index (χ0) is 35.5. The lowest BCUT2D eigenvalue weighted by molar-refractivity contribution is -0.120. The second-order valence-corrected chi connectivity index (χ2v) is 13.8. The van der Waals surface area contributed by atoms with Gasteiger partial charge in [0.1, 0.15) is 0 Å². The number of nitrogens with zero attached hydrogens (tertiary/aromatic N) is 3. The van der Waals surface area contributed by atoms with Crippen LogP contribution in [-0.2, 0) is 22.7 Å². The van der Waals surface area contributed by atoms with Crippen LogP contribution in [0.1, 0.15) is 47.2 Å². The van der Waals surface area contributed by atoms with Crippen LogP contribution in [0.4, 0.5) is 0 Å². The number of rotatable bonds is 13. The summed E-state index contributed by atoms with van der Waals surface area (Å²) in [5.74, 6) is 0.635. The minimum absolute atomic E-state index is 0.0444. The molecule has 3 aliphatic rings. The zero-order valence-corrected chi connectivity index (χ0v) is 29.7. The molecule has 0 saturated carbocycles. The van der Waals surface area contributed by atoms with E-state index < -0.39 is 0 Å². The number of pyridine rings is 2.